The van der Waals surface area contributed by atoms with Crippen LogP contribution in [0.4, 0.5) is 10.1 Å². The number of Topliss-reactive ketones (excluding diaryl/α,β-unsaturated/α-hetero) is 1. The molecule has 0 spiro atoms. The molecule has 0 aliphatic heterocycles. The Morgan fingerprint density at radius 2 is 2.05 bits per heavy atom. The lowest BCUT2D eigenvalue weighted by atomic mass is 9.93. The molecule has 0 fully saturated rings. The largest absolute Gasteiger partial charge is 0.477 e. The maximum Gasteiger partial charge on any atom is 0.353 e. The second-order valence-electron chi connectivity index (χ2n) is 8.99. The Morgan fingerprint density at radius 3 is 2.68 bits per heavy atom. The average molecular weight is 500 g/mol. The Morgan fingerprint density at radius 1 is 1.30 bits per heavy atom. The molecular weight excluding hydrogens is 469 g/mol. The molecule has 190 valence electrons. The van der Waals surface area contributed by atoms with Gasteiger partial charge in [0.05, 0.1) is 5.52 Å². The molecule has 0 amide bonds. The van der Waals surface area contributed by atoms with Crippen LogP contribution < -0.4 is 11.1 Å². The summed E-state index contributed by atoms with van der Waals surface area (Å²) in [5.74, 6) is -1.90. The van der Waals surface area contributed by atoms with Crippen LogP contribution in [0.1, 0.15) is 58.6 Å². The SMILES string of the molecule is C=C(N)c1cc(Cn2c(C(=O)O)c(/C(=C/C=C\CC)C(C)=O)c3c4c(c(F)cc32)C=CC4)ccc1NC. The van der Waals surface area contributed by atoms with E-state index in [-0.39, 0.29) is 23.6 Å². The Kier molecular flexibility index (Phi) is 7.16. The number of nitrogens with two attached hydrogens (primary N) is 1. The number of nitrogens with zero attached hydrogens (tertiary/aromatic N) is 1. The number of halogens is 1. The van der Waals surface area contributed by atoms with Crippen molar-refractivity contribution in [3.8, 4) is 0 Å². The summed E-state index contributed by atoms with van der Waals surface area (Å²) in [4.78, 5) is 25.6. The van der Waals surface area contributed by atoms with Crippen molar-refractivity contribution in [1.29, 1.82) is 0 Å². The predicted molar refractivity (Wildman–Crippen MR) is 148 cm³/mol. The van der Waals surface area contributed by atoms with Crippen molar-refractivity contribution in [1.82, 2.24) is 4.57 Å². The average Bonchev–Trinajstić information content (AvgIpc) is 3.45. The number of ketones is 1. The van der Waals surface area contributed by atoms with Gasteiger partial charge in [0.15, 0.2) is 5.78 Å². The van der Waals surface area contributed by atoms with E-state index in [0.29, 0.717) is 45.3 Å². The molecule has 0 saturated carbocycles. The zero-order valence-corrected chi connectivity index (χ0v) is 21.2. The molecule has 4 rings (SSSR count). The first kappa shape index (κ1) is 25.7. The highest BCUT2D eigenvalue weighted by atomic mass is 19.1. The number of fused-ring (bicyclic) bond motifs is 3. The van der Waals surface area contributed by atoms with Crippen molar-refractivity contribution in [3.05, 3.63) is 94.5 Å². The summed E-state index contributed by atoms with van der Waals surface area (Å²) in [6, 6.07) is 6.90. The van der Waals surface area contributed by atoms with Crippen molar-refractivity contribution in [2.75, 3.05) is 12.4 Å². The van der Waals surface area contributed by atoms with E-state index in [1.807, 2.05) is 37.3 Å². The number of allylic oxidation sites excluding steroid dienone is 5. The molecule has 3 aromatic rings. The second kappa shape index (κ2) is 10.3. The molecule has 1 heterocycles. The van der Waals surface area contributed by atoms with Crippen LogP contribution in [0.2, 0.25) is 0 Å². The molecule has 1 aliphatic rings. The van der Waals surface area contributed by atoms with Crippen LogP contribution in [-0.2, 0) is 17.8 Å². The molecule has 0 unspecified atom stereocenters. The van der Waals surface area contributed by atoms with Gasteiger partial charge >= 0.3 is 5.97 Å². The minimum absolute atomic E-state index is 0.0631. The van der Waals surface area contributed by atoms with E-state index < -0.39 is 11.8 Å². The van der Waals surface area contributed by atoms with Crippen molar-refractivity contribution in [2.24, 2.45) is 5.73 Å². The summed E-state index contributed by atoms with van der Waals surface area (Å²) in [6.45, 7) is 7.35. The number of anilines is 1. The highest BCUT2D eigenvalue weighted by Crippen LogP contribution is 2.40. The lowest BCUT2D eigenvalue weighted by molar-refractivity contribution is -0.111. The minimum atomic E-state index is -1.20. The normalized spacial score (nSPS) is 12.9. The van der Waals surface area contributed by atoms with Crippen LogP contribution in [0.15, 0.2) is 55.1 Å². The topological polar surface area (TPSA) is 97.3 Å². The van der Waals surface area contributed by atoms with Crippen LogP contribution in [0.25, 0.3) is 28.2 Å². The summed E-state index contributed by atoms with van der Waals surface area (Å²) in [7, 11) is 1.77. The Labute approximate surface area is 215 Å². The fraction of sp³-hybridized carbons (Fsp3) is 0.200. The molecule has 0 atom stereocenters. The van der Waals surface area contributed by atoms with Crippen LogP contribution in [0, 0.1) is 5.82 Å². The Balaban J connectivity index is 2.08. The highest BCUT2D eigenvalue weighted by molar-refractivity contribution is 6.26. The molecule has 2 aromatic carbocycles. The van der Waals surface area contributed by atoms with E-state index in [4.69, 9.17) is 5.73 Å². The fourth-order valence-corrected chi connectivity index (χ4v) is 4.94. The maximum atomic E-state index is 15.2. The van der Waals surface area contributed by atoms with Gasteiger partial charge < -0.3 is 20.7 Å². The first-order valence-corrected chi connectivity index (χ1v) is 12.1. The summed E-state index contributed by atoms with van der Waals surface area (Å²) in [5.41, 5.74) is 10.6. The zero-order chi connectivity index (χ0) is 26.9. The van der Waals surface area contributed by atoms with E-state index in [1.54, 1.807) is 29.8 Å². The number of hydrogen-bond donors (Lipinski definition) is 3. The first-order valence-electron chi connectivity index (χ1n) is 12.1. The summed E-state index contributed by atoms with van der Waals surface area (Å²) in [5, 5.41) is 14.1. The summed E-state index contributed by atoms with van der Waals surface area (Å²) in [6.07, 6.45) is 10.0. The van der Waals surface area contributed by atoms with Crippen molar-refractivity contribution >= 4 is 45.7 Å². The number of benzene rings is 2. The van der Waals surface area contributed by atoms with Crippen LogP contribution >= 0.6 is 0 Å². The third-order valence-corrected chi connectivity index (χ3v) is 6.58. The number of carbonyl (C=O) groups excluding carboxylic acids is 1. The van der Waals surface area contributed by atoms with E-state index in [1.165, 1.54) is 13.0 Å². The van der Waals surface area contributed by atoms with Crippen LogP contribution in [0.3, 0.4) is 0 Å². The number of hydrogen-bond acceptors (Lipinski definition) is 4. The zero-order valence-electron chi connectivity index (χ0n) is 21.2. The van der Waals surface area contributed by atoms with E-state index in [0.717, 1.165) is 17.7 Å². The van der Waals surface area contributed by atoms with Gasteiger partial charge in [0, 0.05) is 52.6 Å². The molecule has 0 radical (unpaired) electrons. The lowest BCUT2D eigenvalue weighted by Crippen LogP contribution is -2.13. The van der Waals surface area contributed by atoms with Crippen molar-refractivity contribution in [3.63, 3.8) is 0 Å². The minimum Gasteiger partial charge on any atom is -0.477 e. The van der Waals surface area contributed by atoms with E-state index in [2.05, 4.69) is 11.9 Å². The van der Waals surface area contributed by atoms with Crippen LogP contribution in [0.5, 0.6) is 0 Å². The molecule has 1 aromatic heterocycles. The monoisotopic (exact) mass is 499 g/mol. The molecular formula is C30H30FN3O3. The first-order chi connectivity index (χ1) is 17.7. The lowest BCUT2D eigenvalue weighted by Gasteiger charge is -2.14. The Bertz CT molecular complexity index is 1540. The number of carboxylic acid groups (broad SMARTS) is 1. The summed E-state index contributed by atoms with van der Waals surface area (Å²) >= 11 is 0. The standard InChI is InChI=1S/C30H30FN3O3/c1-5-6-7-9-20(18(3)35)28-27-22-11-8-10-21(22)24(31)15-26(27)34(29(28)30(36)37)16-19-12-13-25(33-4)23(14-19)17(2)32/h6-10,12-15,33H,2,5,11,16,32H2,1,3-4H3,(H,36,37)/b7-6-,20-9+. The van der Waals surface area contributed by atoms with Crippen molar-refractivity contribution in [2.45, 2.75) is 33.2 Å². The quantitative estimate of drug-likeness (QED) is 0.248. The van der Waals surface area contributed by atoms with Gasteiger partial charge in [0.25, 0.3) is 0 Å². The smallest absolute Gasteiger partial charge is 0.353 e. The number of aromatic carboxylic acids is 1. The number of carbonyl (C=O) groups is 2. The van der Waals surface area contributed by atoms with Gasteiger partial charge in [-0.2, -0.15) is 0 Å². The molecule has 7 heteroatoms. The van der Waals surface area contributed by atoms with Gasteiger partial charge in [0.1, 0.15) is 11.5 Å². The predicted octanol–water partition coefficient (Wildman–Crippen LogP) is 6.01. The van der Waals surface area contributed by atoms with Gasteiger partial charge in [-0.1, -0.05) is 49.9 Å². The maximum absolute atomic E-state index is 15.2. The second-order valence-corrected chi connectivity index (χ2v) is 8.99. The van der Waals surface area contributed by atoms with Gasteiger partial charge in [-0.15, -0.1) is 0 Å². The number of carboxylic acids is 1. The third kappa shape index (κ3) is 4.60. The third-order valence-electron chi connectivity index (χ3n) is 6.58. The molecule has 4 N–H and O–H groups in total. The number of aromatic nitrogens is 1. The van der Waals surface area contributed by atoms with E-state index >= 15 is 4.39 Å². The van der Waals surface area contributed by atoms with Crippen molar-refractivity contribution < 1.29 is 19.1 Å². The van der Waals surface area contributed by atoms with Crippen LogP contribution in [-0.4, -0.2) is 28.5 Å². The molecule has 6 nitrogen and oxygen atoms in total. The fourth-order valence-electron chi connectivity index (χ4n) is 4.94. The highest BCUT2D eigenvalue weighted by Gasteiger charge is 2.30. The molecule has 1 aliphatic carbocycles. The van der Waals surface area contributed by atoms with Gasteiger partial charge in [-0.3, -0.25) is 4.79 Å². The number of rotatable bonds is 9. The summed E-state index contributed by atoms with van der Waals surface area (Å²) < 4.78 is 16.8. The molecule has 0 bridgehead atoms. The van der Waals surface area contributed by atoms with Gasteiger partial charge in [0.2, 0.25) is 0 Å². The van der Waals surface area contributed by atoms with Gasteiger partial charge in [-0.25, -0.2) is 9.18 Å². The van der Waals surface area contributed by atoms with E-state index in [9.17, 15) is 14.7 Å². The van der Waals surface area contributed by atoms with Gasteiger partial charge in [-0.05, 0) is 49.1 Å². The Hall–Kier alpha value is -4.39. The molecule has 37 heavy (non-hydrogen) atoms. The number of nitrogens with one attached hydrogen (secondary N) is 1. The molecule has 0 saturated heterocycles.